The minimum Gasteiger partial charge on any atom is -0.477 e. The first kappa shape index (κ1) is 13.0. The van der Waals surface area contributed by atoms with Crippen molar-refractivity contribution >= 4 is 11.5 Å². The van der Waals surface area contributed by atoms with E-state index in [1.54, 1.807) is 24.5 Å². The molecule has 0 atom stereocenters. The molecule has 0 saturated heterocycles. The molecular formula is C14H12N4O3. The second-order valence-corrected chi connectivity index (χ2v) is 4.70. The number of carboxylic acids is 1. The second kappa shape index (κ2) is 4.86. The van der Waals surface area contributed by atoms with Crippen molar-refractivity contribution in [2.75, 3.05) is 0 Å². The van der Waals surface area contributed by atoms with E-state index in [0.717, 1.165) is 5.69 Å². The average Bonchev–Trinajstić information content (AvgIpc) is 2.84. The van der Waals surface area contributed by atoms with Crippen molar-refractivity contribution in [2.24, 2.45) is 0 Å². The SMILES string of the molecule is Cc1cc2c(=O)n(Cc3ccnc(C(=O)O)c3)ccn2n1. The lowest BCUT2D eigenvalue weighted by Gasteiger charge is -2.06. The minimum atomic E-state index is -1.09. The molecule has 7 nitrogen and oxygen atoms in total. The van der Waals surface area contributed by atoms with E-state index in [4.69, 9.17) is 5.11 Å². The van der Waals surface area contributed by atoms with Crippen LogP contribution in [0.5, 0.6) is 0 Å². The summed E-state index contributed by atoms with van der Waals surface area (Å²) >= 11 is 0. The fraction of sp³-hybridized carbons (Fsp3) is 0.143. The molecule has 3 aromatic heterocycles. The van der Waals surface area contributed by atoms with Crippen LogP contribution in [0.3, 0.4) is 0 Å². The third-order valence-electron chi connectivity index (χ3n) is 3.12. The van der Waals surface area contributed by atoms with Crippen molar-refractivity contribution in [2.45, 2.75) is 13.5 Å². The maximum absolute atomic E-state index is 12.3. The van der Waals surface area contributed by atoms with Crippen molar-refractivity contribution in [3.05, 3.63) is 64.1 Å². The number of aromatic carboxylic acids is 1. The summed E-state index contributed by atoms with van der Waals surface area (Å²) in [6.07, 6.45) is 4.75. The van der Waals surface area contributed by atoms with Crippen LogP contribution in [0, 0.1) is 6.92 Å². The van der Waals surface area contributed by atoms with Gasteiger partial charge in [-0.25, -0.2) is 14.3 Å². The Labute approximate surface area is 119 Å². The molecule has 0 spiro atoms. The first-order valence-electron chi connectivity index (χ1n) is 6.28. The number of carboxylic acid groups (broad SMARTS) is 1. The quantitative estimate of drug-likeness (QED) is 0.773. The van der Waals surface area contributed by atoms with Crippen molar-refractivity contribution in [3.8, 4) is 0 Å². The van der Waals surface area contributed by atoms with Gasteiger partial charge in [0.05, 0.1) is 12.2 Å². The van der Waals surface area contributed by atoms with Gasteiger partial charge in [-0.2, -0.15) is 5.10 Å². The molecule has 1 N–H and O–H groups in total. The number of rotatable bonds is 3. The standard InChI is InChI=1S/C14H12N4O3/c1-9-6-12-13(19)17(4-5-18(12)16-9)8-10-2-3-15-11(7-10)14(20)21/h2-7H,8H2,1H3,(H,20,21). The first-order chi connectivity index (χ1) is 10.0. The summed E-state index contributed by atoms with van der Waals surface area (Å²) in [5, 5.41) is 13.1. The van der Waals surface area contributed by atoms with Crippen molar-refractivity contribution < 1.29 is 9.90 Å². The smallest absolute Gasteiger partial charge is 0.354 e. The van der Waals surface area contributed by atoms with E-state index in [0.29, 0.717) is 11.1 Å². The third-order valence-corrected chi connectivity index (χ3v) is 3.12. The summed E-state index contributed by atoms with van der Waals surface area (Å²) in [5.41, 5.74) is 1.74. The van der Waals surface area contributed by atoms with Gasteiger partial charge in [-0.15, -0.1) is 0 Å². The summed E-state index contributed by atoms with van der Waals surface area (Å²) < 4.78 is 3.04. The molecular weight excluding hydrogens is 272 g/mol. The molecule has 0 fully saturated rings. The van der Waals surface area contributed by atoms with Crippen LogP contribution in [0.25, 0.3) is 5.52 Å². The van der Waals surface area contributed by atoms with Gasteiger partial charge in [0.15, 0.2) is 0 Å². The van der Waals surface area contributed by atoms with E-state index < -0.39 is 5.97 Å². The highest BCUT2D eigenvalue weighted by Crippen LogP contribution is 2.05. The average molecular weight is 284 g/mol. The van der Waals surface area contributed by atoms with Crippen LogP contribution in [0.1, 0.15) is 21.7 Å². The number of carbonyl (C=O) groups is 1. The number of nitrogens with zero attached hydrogens (tertiary/aromatic N) is 4. The Morgan fingerprint density at radius 1 is 1.33 bits per heavy atom. The van der Waals surface area contributed by atoms with E-state index in [1.807, 2.05) is 6.92 Å². The highest BCUT2D eigenvalue weighted by molar-refractivity contribution is 5.85. The summed E-state index contributed by atoms with van der Waals surface area (Å²) in [6, 6.07) is 4.86. The van der Waals surface area contributed by atoms with E-state index in [2.05, 4.69) is 10.1 Å². The molecule has 0 bridgehead atoms. The molecule has 0 aromatic carbocycles. The molecule has 3 aromatic rings. The van der Waals surface area contributed by atoms with Crippen LogP contribution in [-0.4, -0.2) is 30.2 Å². The number of aromatic nitrogens is 4. The summed E-state index contributed by atoms with van der Waals surface area (Å²) in [4.78, 5) is 27.0. The molecule has 3 rings (SSSR count). The van der Waals surface area contributed by atoms with Gasteiger partial charge < -0.3 is 9.67 Å². The van der Waals surface area contributed by atoms with Crippen LogP contribution in [0.2, 0.25) is 0 Å². The monoisotopic (exact) mass is 284 g/mol. The first-order valence-corrected chi connectivity index (χ1v) is 6.28. The Hall–Kier alpha value is -2.96. The Morgan fingerprint density at radius 2 is 2.14 bits per heavy atom. The Bertz CT molecular complexity index is 895. The van der Waals surface area contributed by atoms with E-state index in [9.17, 15) is 9.59 Å². The largest absolute Gasteiger partial charge is 0.477 e. The van der Waals surface area contributed by atoms with E-state index in [1.165, 1.54) is 21.3 Å². The highest BCUT2D eigenvalue weighted by atomic mass is 16.4. The van der Waals surface area contributed by atoms with Gasteiger partial charge in [0.1, 0.15) is 11.2 Å². The fourth-order valence-electron chi connectivity index (χ4n) is 2.16. The molecule has 0 radical (unpaired) electrons. The lowest BCUT2D eigenvalue weighted by molar-refractivity contribution is 0.0690. The maximum atomic E-state index is 12.3. The van der Waals surface area contributed by atoms with Crippen molar-refractivity contribution in [1.82, 2.24) is 19.2 Å². The number of hydrogen-bond donors (Lipinski definition) is 1. The van der Waals surface area contributed by atoms with Gasteiger partial charge in [0.2, 0.25) is 0 Å². The normalized spacial score (nSPS) is 10.9. The summed E-state index contributed by atoms with van der Waals surface area (Å²) in [5.74, 6) is -1.09. The van der Waals surface area contributed by atoms with E-state index in [-0.39, 0.29) is 17.8 Å². The third kappa shape index (κ3) is 2.40. The van der Waals surface area contributed by atoms with Crippen LogP contribution >= 0.6 is 0 Å². The molecule has 7 heteroatoms. The number of pyridine rings is 1. The van der Waals surface area contributed by atoms with Crippen LogP contribution < -0.4 is 5.56 Å². The molecule has 0 unspecified atom stereocenters. The maximum Gasteiger partial charge on any atom is 0.354 e. The summed E-state index contributed by atoms with van der Waals surface area (Å²) in [7, 11) is 0. The van der Waals surface area contributed by atoms with Gasteiger partial charge in [-0.3, -0.25) is 4.79 Å². The molecule has 0 saturated carbocycles. The lowest BCUT2D eigenvalue weighted by atomic mass is 10.2. The van der Waals surface area contributed by atoms with Crippen LogP contribution in [0.4, 0.5) is 0 Å². The van der Waals surface area contributed by atoms with Gasteiger partial charge in [-0.05, 0) is 30.7 Å². The van der Waals surface area contributed by atoms with Gasteiger partial charge in [0, 0.05) is 18.6 Å². The molecule has 0 aliphatic carbocycles. The number of aryl methyl sites for hydroxylation is 1. The molecule has 0 aliphatic rings. The zero-order valence-electron chi connectivity index (χ0n) is 11.2. The molecule has 21 heavy (non-hydrogen) atoms. The predicted octanol–water partition coefficient (Wildman–Crippen LogP) is 0.946. The molecule has 3 heterocycles. The predicted molar refractivity (Wildman–Crippen MR) is 74.5 cm³/mol. The van der Waals surface area contributed by atoms with Crippen LogP contribution in [0.15, 0.2) is 41.6 Å². The zero-order chi connectivity index (χ0) is 15.0. The molecule has 0 aliphatic heterocycles. The van der Waals surface area contributed by atoms with Crippen LogP contribution in [-0.2, 0) is 6.54 Å². The molecule has 106 valence electrons. The Balaban J connectivity index is 2.02. The Morgan fingerprint density at radius 3 is 2.90 bits per heavy atom. The van der Waals surface area contributed by atoms with Gasteiger partial charge in [0.25, 0.3) is 5.56 Å². The topological polar surface area (TPSA) is 89.5 Å². The minimum absolute atomic E-state index is 0.0400. The fourth-order valence-corrected chi connectivity index (χ4v) is 2.16. The summed E-state index contributed by atoms with van der Waals surface area (Å²) in [6.45, 7) is 2.10. The van der Waals surface area contributed by atoms with Gasteiger partial charge in [-0.1, -0.05) is 0 Å². The second-order valence-electron chi connectivity index (χ2n) is 4.70. The Kier molecular flexibility index (Phi) is 3.02. The molecule has 0 amide bonds. The lowest BCUT2D eigenvalue weighted by Crippen LogP contribution is -2.22. The number of hydrogen-bond acceptors (Lipinski definition) is 4. The number of fused-ring (bicyclic) bond motifs is 1. The van der Waals surface area contributed by atoms with Crippen molar-refractivity contribution in [1.29, 1.82) is 0 Å². The van der Waals surface area contributed by atoms with E-state index >= 15 is 0 Å². The zero-order valence-corrected chi connectivity index (χ0v) is 11.2. The highest BCUT2D eigenvalue weighted by Gasteiger charge is 2.08. The van der Waals surface area contributed by atoms with Gasteiger partial charge >= 0.3 is 5.97 Å². The van der Waals surface area contributed by atoms with Crippen molar-refractivity contribution in [3.63, 3.8) is 0 Å².